The monoisotopic (exact) mass is 153 g/mol. The summed E-state index contributed by atoms with van der Waals surface area (Å²) < 4.78 is 0. The third-order valence-corrected chi connectivity index (χ3v) is 1.30. The number of carbonyl (C=O) groups is 1. The molecule has 0 aliphatic heterocycles. The van der Waals surface area contributed by atoms with Crippen molar-refractivity contribution in [2.45, 2.75) is 0 Å². The summed E-state index contributed by atoms with van der Waals surface area (Å²) in [6.45, 7) is 0. The molecular weight excluding hydrogens is 146 g/mol. The normalized spacial score (nSPS) is 21.5. The molecule has 0 aromatic rings. The molecule has 4 nitrogen and oxygen atoms in total. The topological polar surface area (TPSA) is 69.9 Å². The van der Waals surface area contributed by atoms with Gasteiger partial charge in [0.2, 0.25) is 5.78 Å². The fourth-order valence-electron chi connectivity index (χ4n) is 0.726. The van der Waals surface area contributed by atoms with Crippen LogP contribution in [0, 0.1) is 0 Å². The fraction of sp³-hybridized carbons (Fsp3) is 0.143. The second kappa shape index (κ2) is 2.57. The van der Waals surface area contributed by atoms with Crippen LogP contribution in [0.25, 0.3) is 0 Å². The van der Waals surface area contributed by atoms with Crippen LogP contribution in [0.3, 0.4) is 0 Å². The third-order valence-electron chi connectivity index (χ3n) is 1.30. The predicted octanol–water partition coefficient (Wildman–Crippen LogP) is 0.524. The van der Waals surface area contributed by atoms with Crippen LogP contribution in [0.4, 0.5) is 0 Å². The number of allylic oxidation sites excluding steroid dienone is 2. The summed E-state index contributed by atoms with van der Waals surface area (Å²) in [6, 6.07) is 0. The summed E-state index contributed by atoms with van der Waals surface area (Å²) in [4.78, 5) is 14.3. The SMILES string of the molecule is C/N=C1\C=C(O)C(=O)C=C1O. The van der Waals surface area contributed by atoms with Crippen LogP contribution >= 0.6 is 0 Å². The molecule has 0 heterocycles. The zero-order valence-corrected chi connectivity index (χ0v) is 5.90. The molecule has 2 N–H and O–H groups in total. The van der Waals surface area contributed by atoms with Crippen molar-refractivity contribution in [1.29, 1.82) is 0 Å². The van der Waals surface area contributed by atoms with E-state index >= 15 is 0 Å². The Morgan fingerprint density at radius 3 is 2.45 bits per heavy atom. The number of aliphatic hydroxyl groups is 2. The van der Waals surface area contributed by atoms with Gasteiger partial charge in [-0.1, -0.05) is 0 Å². The van der Waals surface area contributed by atoms with E-state index in [2.05, 4.69) is 4.99 Å². The average molecular weight is 153 g/mol. The number of nitrogens with zero attached hydrogens (tertiary/aromatic N) is 1. The number of carbonyl (C=O) groups excluding carboxylic acids is 1. The van der Waals surface area contributed by atoms with Crippen LogP contribution in [-0.2, 0) is 4.79 Å². The van der Waals surface area contributed by atoms with Gasteiger partial charge in [-0.3, -0.25) is 9.79 Å². The largest absolute Gasteiger partial charge is 0.506 e. The van der Waals surface area contributed by atoms with Crippen molar-refractivity contribution in [3.8, 4) is 0 Å². The van der Waals surface area contributed by atoms with Gasteiger partial charge in [0, 0.05) is 19.2 Å². The lowest BCUT2D eigenvalue weighted by Crippen LogP contribution is -2.12. The minimum atomic E-state index is -0.602. The molecule has 58 valence electrons. The van der Waals surface area contributed by atoms with E-state index in [1.54, 1.807) is 0 Å². The first-order chi connectivity index (χ1) is 5.15. The predicted molar refractivity (Wildman–Crippen MR) is 39.8 cm³/mol. The van der Waals surface area contributed by atoms with Crippen molar-refractivity contribution in [2.75, 3.05) is 7.05 Å². The van der Waals surface area contributed by atoms with Gasteiger partial charge in [0.1, 0.15) is 11.5 Å². The van der Waals surface area contributed by atoms with Gasteiger partial charge in [-0.25, -0.2) is 0 Å². The summed E-state index contributed by atoms with van der Waals surface area (Å²) in [5, 5.41) is 17.9. The molecule has 1 aliphatic carbocycles. The highest BCUT2D eigenvalue weighted by atomic mass is 16.3. The molecule has 0 aromatic heterocycles. The molecule has 0 radical (unpaired) electrons. The standard InChI is InChI=1S/C7H7NO3/c1-8-4-2-6(10)7(11)3-5(4)9/h2-3,9-10H,1H3/b8-4+. The highest BCUT2D eigenvalue weighted by molar-refractivity contribution is 6.19. The quantitative estimate of drug-likeness (QED) is 0.498. The number of rotatable bonds is 0. The van der Waals surface area contributed by atoms with Crippen molar-refractivity contribution in [3.63, 3.8) is 0 Å². The number of hydrogen-bond acceptors (Lipinski definition) is 4. The molecule has 0 spiro atoms. The molecule has 0 fully saturated rings. The molecule has 0 amide bonds. The van der Waals surface area contributed by atoms with Crippen LogP contribution < -0.4 is 0 Å². The van der Waals surface area contributed by atoms with E-state index in [4.69, 9.17) is 10.2 Å². The molecule has 1 aliphatic rings. The Hall–Kier alpha value is -1.58. The average Bonchev–Trinajstić information content (AvgIpc) is 1.97. The number of aliphatic hydroxyl groups excluding tert-OH is 2. The first-order valence-corrected chi connectivity index (χ1v) is 2.98. The molecule has 11 heavy (non-hydrogen) atoms. The number of aliphatic imine (C=N–C) groups is 1. The van der Waals surface area contributed by atoms with Gasteiger partial charge in [-0.2, -0.15) is 0 Å². The molecular formula is C7H7NO3. The van der Waals surface area contributed by atoms with Crippen LogP contribution in [0.2, 0.25) is 0 Å². The lowest BCUT2D eigenvalue weighted by Gasteiger charge is -2.04. The highest BCUT2D eigenvalue weighted by Crippen LogP contribution is 2.07. The van der Waals surface area contributed by atoms with E-state index in [1.165, 1.54) is 7.05 Å². The maximum Gasteiger partial charge on any atom is 0.223 e. The highest BCUT2D eigenvalue weighted by Gasteiger charge is 2.16. The summed E-state index contributed by atoms with van der Waals surface area (Å²) in [5.74, 6) is -1.21. The van der Waals surface area contributed by atoms with Gasteiger partial charge < -0.3 is 10.2 Å². The van der Waals surface area contributed by atoms with E-state index < -0.39 is 11.5 Å². The summed E-state index contributed by atoms with van der Waals surface area (Å²) >= 11 is 0. The second-order valence-corrected chi connectivity index (χ2v) is 2.03. The molecule has 4 heteroatoms. The van der Waals surface area contributed by atoms with Crippen LogP contribution in [0.15, 0.2) is 28.7 Å². The Labute approximate surface area is 63.2 Å². The zero-order valence-electron chi connectivity index (χ0n) is 5.90. The van der Waals surface area contributed by atoms with Crippen LogP contribution in [0.5, 0.6) is 0 Å². The minimum absolute atomic E-state index is 0.210. The molecule has 0 saturated heterocycles. The van der Waals surface area contributed by atoms with E-state index in [-0.39, 0.29) is 11.5 Å². The molecule has 1 rings (SSSR count). The number of ketones is 1. The Morgan fingerprint density at radius 2 is 1.91 bits per heavy atom. The first-order valence-electron chi connectivity index (χ1n) is 2.98. The molecule has 0 unspecified atom stereocenters. The van der Waals surface area contributed by atoms with E-state index in [0.29, 0.717) is 0 Å². The third kappa shape index (κ3) is 1.29. The van der Waals surface area contributed by atoms with Gasteiger partial charge in [0.05, 0.1) is 0 Å². The van der Waals surface area contributed by atoms with Gasteiger partial charge in [0.25, 0.3) is 0 Å². The Kier molecular flexibility index (Phi) is 1.76. The van der Waals surface area contributed by atoms with Crippen LogP contribution in [-0.4, -0.2) is 28.8 Å². The second-order valence-electron chi connectivity index (χ2n) is 2.03. The van der Waals surface area contributed by atoms with Crippen molar-refractivity contribution >= 4 is 11.5 Å². The van der Waals surface area contributed by atoms with Gasteiger partial charge in [-0.05, 0) is 0 Å². The Bertz CT molecular complexity index is 286. The number of hydrogen-bond donors (Lipinski definition) is 2. The maximum atomic E-state index is 10.7. The maximum absolute atomic E-state index is 10.7. The molecule has 0 bridgehead atoms. The zero-order chi connectivity index (χ0) is 8.43. The Morgan fingerprint density at radius 1 is 1.27 bits per heavy atom. The van der Waals surface area contributed by atoms with Gasteiger partial charge >= 0.3 is 0 Å². The minimum Gasteiger partial charge on any atom is -0.506 e. The fourth-order valence-corrected chi connectivity index (χ4v) is 0.726. The van der Waals surface area contributed by atoms with Crippen molar-refractivity contribution in [2.24, 2.45) is 4.99 Å². The van der Waals surface area contributed by atoms with E-state index in [1.807, 2.05) is 0 Å². The Balaban J connectivity index is 3.08. The van der Waals surface area contributed by atoms with Gasteiger partial charge in [-0.15, -0.1) is 0 Å². The molecule has 0 atom stereocenters. The van der Waals surface area contributed by atoms with Crippen molar-refractivity contribution < 1.29 is 15.0 Å². The smallest absolute Gasteiger partial charge is 0.223 e. The van der Waals surface area contributed by atoms with Crippen molar-refractivity contribution in [1.82, 2.24) is 0 Å². The summed E-state index contributed by atoms with van der Waals surface area (Å²) in [7, 11) is 1.46. The lowest BCUT2D eigenvalue weighted by molar-refractivity contribution is -0.113. The molecule has 0 saturated carbocycles. The van der Waals surface area contributed by atoms with Crippen molar-refractivity contribution in [3.05, 3.63) is 23.7 Å². The first kappa shape index (κ1) is 7.53. The summed E-state index contributed by atoms with van der Waals surface area (Å²) in [6.07, 6.45) is 2.05. The van der Waals surface area contributed by atoms with E-state index in [0.717, 1.165) is 12.2 Å². The molecule has 0 aromatic carbocycles. The lowest BCUT2D eigenvalue weighted by atomic mass is 10.1. The van der Waals surface area contributed by atoms with Crippen LogP contribution in [0.1, 0.15) is 0 Å². The van der Waals surface area contributed by atoms with E-state index in [9.17, 15) is 4.79 Å². The summed E-state index contributed by atoms with van der Waals surface area (Å²) in [5.41, 5.74) is 0.210. The van der Waals surface area contributed by atoms with Gasteiger partial charge in [0.15, 0.2) is 5.76 Å².